The van der Waals surface area contributed by atoms with Crippen LogP contribution in [0.4, 0.5) is 0 Å². The smallest absolute Gasteiger partial charge is 0.134 e. The first-order valence-corrected chi connectivity index (χ1v) is 8.65. The van der Waals surface area contributed by atoms with E-state index in [0.29, 0.717) is 11.5 Å². The fourth-order valence-corrected chi connectivity index (χ4v) is 2.90. The number of hydrogen-bond donors (Lipinski definition) is 1. The molecular weight excluding hydrogens is 326 g/mol. The third-order valence-electron chi connectivity index (χ3n) is 3.03. The second-order valence-corrected chi connectivity index (χ2v) is 7.22. The van der Waals surface area contributed by atoms with Gasteiger partial charge in [-0.1, -0.05) is 22.9 Å². The summed E-state index contributed by atoms with van der Waals surface area (Å²) >= 11 is 3.45. The molecule has 2 aromatic rings. The molecule has 2 atom stereocenters. The molecule has 1 N–H and O–H groups in total. The fraction of sp³-hybridized carbons (Fsp3) is 0.429. The third kappa shape index (κ3) is 3.91. The van der Waals surface area contributed by atoms with Gasteiger partial charge < -0.3 is 9.73 Å². The highest BCUT2D eigenvalue weighted by molar-refractivity contribution is 9.10. The highest BCUT2D eigenvalue weighted by Crippen LogP contribution is 2.26. The number of nitrogens with one attached hydrogen (secondary N) is 1. The number of benzene rings is 1. The molecule has 0 radical (unpaired) electrons. The van der Waals surface area contributed by atoms with Crippen molar-refractivity contribution in [2.45, 2.75) is 19.9 Å². The summed E-state index contributed by atoms with van der Waals surface area (Å²) in [6.07, 6.45) is 0. The van der Waals surface area contributed by atoms with Crippen molar-refractivity contribution in [3.05, 3.63) is 34.5 Å². The van der Waals surface area contributed by atoms with Gasteiger partial charge in [-0.15, -0.1) is 0 Å². The normalized spacial score (nSPS) is 14.7. The lowest BCUT2D eigenvalue weighted by atomic mass is 10.2. The van der Waals surface area contributed by atoms with Crippen LogP contribution in [0.3, 0.4) is 0 Å². The van der Waals surface area contributed by atoms with Gasteiger partial charge in [0.1, 0.15) is 11.3 Å². The summed E-state index contributed by atoms with van der Waals surface area (Å²) in [5.41, 5.74) is 0.893. The summed E-state index contributed by atoms with van der Waals surface area (Å²) in [5.74, 6) is 2.32. The molecular formula is C14H18BrNO2S. The number of fused-ring (bicyclic) bond motifs is 1. The van der Waals surface area contributed by atoms with Crippen molar-refractivity contribution in [2.75, 3.05) is 18.1 Å². The van der Waals surface area contributed by atoms with Crippen LogP contribution in [0.2, 0.25) is 0 Å². The predicted octanol–water partition coefficient (Wildman–Crippen LogP) is 3.61. The Kier molecular flexibility index (Phi) is 5.19. The number of halogens is 1. The zero-order chi connectivity index (χ0) is 13.8. The van der Waals surface area contributed by atoms with Gasteiger partial charge in [0.25, 0.3) is 0 Å². The maximum absolute atomic E-state index is 11.4. The van der Waals surface area contributed by atoms with Gasteiger partial charge >= 0.3 is 0 Å². The van der Waals surface area contributed by atoms with E-state index in [1.165, 1.54) is 0 Å². The zero-order valence-electron chi connectivity index (χ0n) is 11.1. The van der Waals surface area contributed by atoms with Crippen LogP contribution in [0, 0.1) is 0 Å². The Bertz CT molecular complexity index is 582. The molecule has 2 unspecified atom stereocenters. The van der Waals surface area contributed by atoms with Gasteiger partial charge in [0.05, 0.1) is 6.04 Å². The van der Waals surface area contributed by atoms with Crippen molar-refractivity contribution in [1.82, 2.24) is 5.32 Å². The van der Waals surface area contributed by atoms with Gasteiger partial charge in [-0.2, -0.15) is 0 Å². The highest BCUT2D eigenvalue weighted by atomic mass is 79.9. The Morgan fingerprint density at radius 1 is 1.42 bits per heavy atom. The minimum atomic E-state index is -0.717. The first-order chi connectivity index (χ1) is 9.10. The Morgan fingerprint density at radius 2 is 2.21 bits per heavy atom. The molecule has 0 saturated heterocycles. The Hall–Kier alpha value is -0.650. The topological polar surface area (TPSA) is 42.2 Å². The molecule has 0 aliphatic heterocycles. The predicted molar refractivity (Wildman–Crippen MR) is 83.9 cm³/mol. The van der Waals surface area contributed by atoms with Crippen molar-refractivity contribution >= 4 is 37.7 Å². The Labute approximate surface area is 124 Å². The van der Waals surface area contributed by atoms with E-state index >= 15 is 0 Å². The SMILES string of the molecule is CCS(=O)CCNC(C)c1cc2cc(Br)ccc2o1. The summed E-state index contributed by atoms with van der Waals surface area (Å²) in [4.78, 5) is 0. The lowest BCUT2D eigenvalue weighted by molar-refractivity contribution is 0.460. The molecule has 0 amide bonds. The molecule has 3 nitrogen and oxygen atoms in total. The van der Waals surface area contributed by atoms with Crippen LogP contribution in [0.25, 0.3) is 11.0 Å². The minimum Gasteiger partial charge on any atom is -0.459 e. The molecule has 1 heterocycles. The molecule has 0 aliphatic rings. The lowest BCUT2D eigenvalue weighted by Gasteiger charge is -2.10. The van der Waals surface area contributed by atoms with E-state index in [1.54, 1.807) is 0 Å². The van der Waals surface area contributed by atoms with Crippen LogP contribution in [-0.4, -0.2) is 22.3 Å². The first-order valence-electron chi connectivity index (χ1n) is 6.37. The van der Waals surface area contributed by atoms with Gasteiger partial charge in [0.2, 0.25) is 0 Å². The van der Waals surface area contributed by atoms with Crippen molar-refractivity contribution in [3.8, 4) is 0 Å². The molecule has 0 aliphatic carbocycles. The van der Waals surface area contributed by atoms with Crippen LogP contribution in [-0.2, 0) is 10.8 Å². The Morgan fingerprint density at radius 3 is 2.95 bits per heavy atom. The molecule has 1 aromatic heterocycles. The monoisotopic (exact) mass is 343 g/mol. The van der Waals surface area contributed by atoms with Gasteiger partial charge in [-0.25, -0.2) is 0 Å². The van der Waals surface area contributed by atoms with E-state index < -0.39 is 10.8 Å². The molecule has 19 heavy (non-hydrogen) atoms. The summed E-state index contributed by atoms with van der Waals surface area (Å²) in [6, 6.07) is 8.15. The Balaban J connectivity index is 2.01. The summed E-state index contributed by atoms with van der Waals surface area (Å²) < 4.78 is 18.2. The van der Waals surface area contributed by atoms with Gasteiger partial charge in [0, 0.05) is 38.7 Å². The second kappa shape index (κ2) is 6.68. The molecule has 104 valence electrons. The first kappa shape index (κ1) is 14.8. The lowest BCUT2D eigenvalue weighted by Crippen LogP contribution is -2.23. The second-order valence-electron chi connectivity index (χ2n) is 4.44. The highest BCUT2D eigenvalue weighted by Gasteiger charge is 2.11. The average Bonchev–Trinajstić information content (AvgIpc) is 2.81. The van der Waals surface area contributed by atoms with Crippen LogP contribution in [0.5, 0.6) is 0 Å². The number of hydrogen-bond acceptors (Lipinski definition) is 3. The minimum absolute atomic E-state index is 0.125. The fourth-order valence-electron chi connectivity index (χ4n) is 1.88. The molecule has 0 spiro atoms. The molecule has 1 aromatic carbocycles. The van der Waals surface area contributed by atoms with E-state index in [2.05, 4.69) is 34.2 Å². The van der Waals surface area contributed by atoms with Crippen LogP contribution < -0.4 is 5.32 Å². The summed E-state index contributed by atoms with van der Waals surface area (Å²) in [6.45, 7) is 4.74. The van der Waals surface area contributed by atoms with Gasteiger partial charge in [0.15, 0.2) is 0 Å². The van der Waals surface area contributed by atoms with Gasteiger partial charge in [-0.05, 0) is 31.2 Å². The van der Waals surface area contributed by atoms with Gasteiger partial charge in [-0.3, -0.25) is 4.21 Å². The van der Waals surface area contributed by atoms with Crippen molar-refractivity contribution in [3.63, 3.8) is 0 Å². The van der Waals surface area contributed by atoms with E-state index in [9.17, 15) is 4.21 Å². The van der Waals surface area contributed by atoms with Crippen LogP contribution in [0.1, 0.15) is 25.6 Å². The van der Waals surface area contributed by atoms with Crippen LogP contribution in [0.15, 0.2) is 33.2 Å². The van der Waals surface area contributed by atoms with Crippen molar-refractivity contribution in [1.29, 1.82) is 0 Å². The average molecular weight is 344 g/mol. The standard InChI is InChI=1S/C14H18BrNO2S/c1-3-19(17)7-6-16-10(2)14-9-11-8-12(15)4-5-13(11)18-14/h4-5,8-10,16H,3,6-7H2,1-2H3. The maximum Gasteiger partial charge on any atom is 0.134 e. The molecule has 0 saturated carbocycles. The molecule has 0 bridgehead atoms. The molecule has 2 rings (SSSR count). The maximum atomic E-state index is 11.4. The van der Waals surface area contributed by atoms with E-state index in [1.807, 2.05) is 25.1 Å². The van der Waals surface area contributed by atoms with Crippen LogP contribution >= 0.6 is 15.9 Å². The number of rotatable bonds is 6. The zero-order valence-corrected chi connectivity index (χ0v) is 13.5. The van der Waals surface area contributed by atoms with Crippen molar-refractivity contribution < 1.29 is 8.63 Å². The molecule has 0 fully saturated rings. The van der Waals surface area contributed by atoms with E-state index in [0.717, 1.165) is 27.7 Å². The summed E-state index contributed by atoms with van der Waals surface area (Å²) in [5, 5.41) is 4.43. The number of furan rings is 1. The molecule has 5 heteroatoms. The van der Waals surface area contributed by atoms with E-state index in [4.69, 9.17) is 4.42 Å². The quantitative estimate of drug-likeness (QED) is 0.870. The van der Waals surface area contributed by atoms with Crippen molar-refractivity contribution in [2.24, 2.45) is 0 Å². The largest absolute Gasteiger partial charge is 0.459 e. The third-order valence-corrected chi connectivity index (χ3v) is 4.82. The van der Waals surface area contributed by atoms with E-state index in [-0.39, 0.29) is 6.04 Å². The summed E-state index contributed by atoms with van der Waals surface area (Å²) in [7, 11) is -0.717.